The molecule has 0 heterocycles. The fourth-order valence-corrected chi connectivity index (χ4v) is 3.96. The first-order valence-corrected chi connectivity index (χ1v) is 9.99. The number of para-hydroxylation sites is 1. The van der Waals surface area contributed by atoms with Crippen LogP contribution in [0.15, 0.2) is 53.5 Å². The third kappa shape index (κ3) is 5.15. The predicted molar refractivity (Wildman–Crippen MR) is 103 cm³/mol. The Hall–Kier alpha value is -1.70. The topological polar surface area (TPSA) is 53.0 Å². The first-order valence-electron chi connectivity index (χ1n) is 7.04. The molecule has 2 aromatic carbocycles. The number of anilines is 1. The van der Waals surface area contributed by atoms with Gasteiger partial charge in [0, 0.05) is 12.1 Å². The zero-order valence-electron chi connectivity index (χ0n) is 13.5. The maximum Gasteiger partial charge on any atom is 0.243 e. The van der Waals surface area contributed by atoms with Crippen molar-refractivity contribution < 1.29 is 8.42 Å². The number of benzene rings is 2. The van der Waals surface area contributed by atoms with Crippen molar-refractivity contribution in [2.24, 2.45) is 4.99 Å². The van der Waals surface area contributed by atoms with Gasteiger partial charge >= 0.3 is 0 Å². The van der Waals surface area contributed by atoms with Gasteiger partial charge in [0.25, 0.3) is 0 Å². The first-order chi connectivity index (χ1) is 11.3. The van der Waals surface area contributed by atoms with Gasteiger partial charge in [0.15, 0.2) is 0 Å². The molecule has 0 aromatic heterocycles. The number of nitrogens with zero attached hydrogens (tertiary/aromatic N) is 3. The lowest BCUT2D eigenvalue weighted by molar-refractivity contribution is 0.603. The second kappa shape index (κ2) is 7.92. The van der Waals surface area contributed by atoms with E-state index in [0.29, 0.717) is 10.7 Å². The summed E-state index contributed by atoms with van der Waals surface area (Å²) in [4.78, 5) is 4.38. The minimum atomic E-state index is -3.43. The molecule has 0 atom stereocenters. The zero-order valence-corrected chi connectivity index (χ0v) is 15.9. The van der Waals surface area contributed by atoms with Crippen molar-refractivity contribution in [3.63, 3.8) is 0 Å². The quantitative estimate of drug-likeness (QED) is 0.424. The second-order valence-electron chi connectivity index (χ2n) is 5.13. The average Bonchev–Trinajstić information content (AvgIpc) is 2.51. The van der Waals surface area contributed by atoms with Crippen LogP contribution in [0.2, 0.25) is 5.02 Å². The Kier molecular flexibility index (Phi) is 6.15. The van der Waals surface area contributed by atoms with Gasteiger partial charge in [-0.25, -0.2) is 13.4 Å². The highest BCUT2D eigenvalue weighted by Crippen LogP contribution is 2.27. The maximum absolute atomic E-state index is 12.1. The summed E-state index contributed by atoms with van der Waals surface area (Å²) in [5.74, 6) is 0. The highest BCUT2D eigenvalue weighted by Gasteiger charge is 2.19. The predicted octanol–water partition coefficient (Wildman–Crippen LogP) is 4.27. The molecule has 0 N–H and O–H groups in total. The van der Waals surface area contributed by atoms with Crippen LogP contribution < -0.4 is 3.71 Å². The summed E-state index contributed by atoms with van der Waals surface area (Å²) in [5, 5.41) is 0.654. The number of hydrogen-bond acceptors (Lipinski definition) is 4. The second-order valence-corrected chi connectivity index (χ2v) is 8.73. The molecule has 2 aromatic rings. The van der Waals surface area contributed by atoms with E-state index >= 15 is 0 Å². The lowest BCUT2D eigenvalue weighted by Crippen LogP contribution is -2.27. The largest absolute Gasteiger partial charge is 0.291 e. The van der Waals surface area contributed by atoms with Crippen LogP contribution in [0.25, 0.3) is 0 Å². The van der Waals surface area contributed by atoms with Crippen LogP contribution >= 0.6 is 23.7 Å². The Morgan fingerprint density at radius 1 is 1.17 bits per heavy atom. The Balaban J connectivity index is 2.16. The van der Waals surface area contributed by atoms with Crippen LogP contribution in [0.4, 0.5) is 11.4 Å². The summed E-state index contributed by atoms with van der Waals surface area (Å²) in [6.07, 6.45) is 2.74. The van der Waals surface area contributed by atoms with Crippen LogP contribution in [0, 0.1) is 6.92 Å². The molecule has 2 rings (SSSR count). The monoisotopic (exact) mass is 383 g/mol. The molecular weight excluding hydrogens is 366 g/mol. The van der Waals surface area contributed by atoms with Crippen molar-refractivity contribution in [1.29, 1.82) is 0 Å². The number of sulfonamides is 1. The van der Waals surface area contributed by atoms with Crippen molar-refractivity contribution in [2.45, 2.75) is 6.92 Å². The normalized spacial score (nSPS) is 11.7. The van der Waals surface area contributed by atoms with E-state index in [4.69, 9.17) is 11.6 Å². The smallest absolute Gasteiger partial charge is 0.243 e. The van der Waals surface area contributed by atoms with Gasteiger partial charge in [0.05, 0.1) is 29.8 Å². The summed E-state index contributed by atoms with van der Waals surface area (Å²) < 4.78 is 27.0. The molecule has 8 heteroatoms. The Morgan fingerprint density at radius 2 is 1.83 bits per heavy atom. The molecule has 0 fully saturated rings. The Bertz CT molecular complexity index is 826. The standard InChI is InChI=1S/C16H18ClN3O2S2/c1-13-11-14(17)9-10-16(13)18-12-19(2)23-20(24(3,21)22)15-7-5-4-6-8-15/h4-12H,1-3H3. The average molecular weight is 384 g/mol. The van der Waals surface area contributed by atoms with Gasteiger partial charge in [0.2, 0.25) is 10.0 Å². The molecule has 0 bridgehead atoms. The van der Waals surface area contributed by atoms with E-state index < -0.39 is 10.0 Å². The molecule has 0 aliphatic heterocycles. The van der Waals surface area contributed by atoms with Crippen LogP contribution in [0.3, 0.4) is 0 Å². The van der Waals surface area contributed by atoms with Gasteiger partial charge in [-0.05, 0) is 42.8 Å². The summed E-state index contributed by atoms with van der Waals surface area (Å²) in [5.41, 5.74) is 2.30. The van der Waals surface area contributed by atoms with Gasteiger partial charge in [-0.2, -0.15) is 3.71 Å². The van der Waals surface area contributed by atoms with E-state index in [-0.39, 0.29) is 0 Å². The van der Waals surface area contributed by atoms with Crippen molar-refractivity contribution in [1.82, 2.24) is 4.31 Å². The van der Waals surface area contributed by atoms with Gasteiger partial charge < -0.3 is 0 Å². The Morgan fingerprint density at radius 3 is 2.42 bits per heavy atom. The van der Waals surface area contributed by atoms with E-state index in [9.17, 15) is 8.42 Å². The molecule has 5 nitrogen and oxygen atoms in total. The third-order valence-electron chi connectivity index (χ3n) is 2.99. The summed E-state index contributed by atoms with van der Waals surface area (Å²) >= 11 is 6.96. The van der Waals surface area contributed by atoms with Gasteiger partial charge in [-0.1, -0.05) is 29.8 Å². The van der Waals surface area contributed by atoms with Gasteiger partial charge in [-0.3, -0.25) is 4.31 Å². The molecule has 0 saturated carbocycles. The Labute approximate surface area is 152 Å². The number of hydrogen-bond donors (Lipinski definition) is 0. The van der Waals surface area contributed by atoms with Gasteiger partial charge in [-0.15, -0.1) is 0 Å². The minimum absolute atomic E-state index is 0.577. The summed E-state index contributed by atoms with van der Waals surface area (Å²) in [7, 11) is -1.70. The van der Waals surface area contributed by atoms with Crippen molar-refractivity contribution in [2.75, 3.05) is 17.0 Å². The lowest BCUT2D eigenvalue weighted by Gasteiger charge is -2.24. The van der Waals surface area contributed by atoms with Crippen LogP contribution in [0.5, 0.6) is 0 Å². The van der Waals surface area contributed by atoms with E-state index in [1.54, 1.807) is 48.0 Å². The van der Waals surface area contributed by atoms with Crippen molar-refractivity contribution in [3.8, 4) is 0 Å². The molecule has 0 saturated heterocycles. The fourth-order valence-electron chi connectivity index (χ4n) is 1.89. The summed E-state index contributed by atoms with van der Waals surface area (Å²) in [6, 6.07) is 14.3. The highest BCUT2D eigenvalue weighted by molar-refractivity contribution is 8.13. The van der Waals surface area contributed by atoms with Crippen molar-refractivity contribution in [3.05, 3.63) is 59.1 Å². The fraction of sp³-hybridized carbons (Fsp3) is 0.188. The zero-order chi connectivity index (χ0) is 17.7. The van der Waals surface area contributed by atoms with Crippen LogP contribution in [0.1, 0.15) is 5.56 Å². The molecule has 24 heavy (non-hydrogen) atoms. The van der Waals surface area contributed by atoms with E-state index in [0.717, 1.165) is 23.4 Å². The molecule has 0 aliphatic carbocycles. The number of aliphatic imine (C=N–C) groups is 1. The molecular formula is C16H18ClN3O2S2. The lowest BCUT2D eigenvalue weighted by atomic mass is 10.2. The molecule has 0 unspecified atom stereocenters. The molecule has 0 spiro atoms. The number of aryl methyl sites for hydroxylation is 1. The van der Waals surface area contributed by atoms with Gasteiger partial charge in [0.1, 0.15) is 6.34 Å². The van der Waals surface area contributed by atoms with E-state index in [2.05, 4.69) is 4.99 Å². The van der Waals surface area contributed by atoms with Crippen LogP contribution in [-0.4, -0.2) is 32.4 Å². The molecule has 0 aliphatic rings. The summed E-state index contributed by atoms with van der Waals surface area (Å²) in [6.45, 7) is 1.92. The van der Waals surface area contributed by atoms with Crippen LogP contribution in [-0.2, 0) is 10.0 Å². The SMILES string of the molecule is Cc1cc(Cl)ccc1N=CN(C)SN(c1ccccc1)S(C)(=O)=O. The first kappa shape index (κ1) is 18.6. The molecule has 128 valence electrons. The van der Waals surface area contributed by atoms with Crippen molar-refractivity contribution >= 4 is 51.5 Å². The van der Waals surface area contributed by atoms with E-state index in [1.807, 2.05) is 25.1 Å². The van der Waals surface area contributed by atoms with E-state index in [1.165, 1.54) is 9.97 Å². The third-order valence-corrected chi connectivity index (χ3v) is 5.76. The minimum Gasteiger partial charge on any atom is -0.291 e. The number of halogens is 1. The maximum atomic E-state index is 12.1. The number of rotatable bonds is 6. The molecule has 0 amide bonds. The highest BCUT2D eigenvalue weighted by atomic mass is 35.5. The molecule has 0 radical (unpaired) electrons.